The molecule has 0 spiro atoms. The molecule has 1 aromatic heterocycles. The summed E-state index contributed by atoms with van der Waals surface area (Å²) >= 11 is 1.29. The van der Waals surface area contributed by atoms with E-state index >= 15 is 0 Å². The van der Waals surface area contributed by atoms with Gasteiger partial charge in [-0.1, -0.05) is 36.0 Å². The van der Waals surface area contributed by atoms with Crippen LogP contribution in [0, 0.1) is 11.7 Å². The van der Waals surface area contributed by atoms with Crippen LogP contribution in [0.3, 0.4) is 0 Å². The number of ether oxygens (including phenoxy) is 1. The van der Waals surface area contributed by atoms with E-state index in [1.165, 1.54) is 17.8 Å². The van der Waals surface area contributed by atoms with Crippen LogP contribution in [0.2, 0.25) is 0 Å². The number of hydrogen-bond acceptors (Lipinski definition) is 7. The van der Waals surface area contributed by atoms with Crippen molar-refractivity contribution in [3.05, 3.63) is 65.3 Å². The van der Waals surface area contributed by atoms with Crippen LogP contribution in [0.4, 0.5) is 4.39 Å². The minimum atomic E-state index is -0.633. The number of carbonyl (C=O) groups excluding carboxylic acids is 3. The molecule has 1 saturated heterocycles. The Kier molecular flexibility index (Phi) is 10.5. The molecule has 2 atom stereocenters. The van der Waals surface area contributed by atoms with Crippen LogP contribution in [0.25, 0.3) is 0 Å². The Hall–Kier alpha value is -2.49. The maximum absolute atomic E-state index is 14.8. The third-order valence-corrected chi connectivity index (χ3v) is 7.64. The first-order valence-corrected chi connectivity index (χ1v) is 13.3. The van der Waals surface area contributed by atoms with Gasteiger partial charge in [-0.15, -0.1) is 12.4 Å². The fraction of sp³-hybridized carbons (Fsp3) is 0.481. The number of benzene rings is 1. The lowest BCUT2D eigenvalue weighted by atomic mass is 9.93. The summed E-state index contributed by atoms with van der Waals surface area (Å²) in [4.78, 5) is 39.0. The van der Waals surface area contributed by atoms with Crippen LogP contribution in [0.15, 0.2) is 48.3 Å². The van der Waals surface area contributed by atoms with Crippen LogP contribution >= 0.6 is 24.2 Å². The topological polar surface area (TPSA) is 81.5 Å². The molecule has 1 saturated carbocycles. The highest BCUT2D eigenvalue weighted by molar-refractivity contribution is 8.14. The van der Waals surface area contributed by atoms with Crippen molar-refractivity contribution in [1.82, 2.24) is 14.7 Å². The average molecular weight is 550 g/mol. The minimum Gasteiger partial charge on any atom is -0.466 e. The number of halogens is 2. The first-order valence-electron chi connectivity index (χ1n) is 12.4. The molecule has 4 rings (SSSR count). The van der Waals surface area contributed by atoms with Gasteiger partial charge in [-0.2, -0.15) is 5.10 Å². The number of ketones is 1. The van der Waals surface area contributed by atoms with Gasteiger partial charge in [0.2, 0.25) is 0 Å². The summed E-state index contributed by atoms with van der Waals surface area (Å²) in [5.41, 5.74) is 2.21. The smallest absolute Gasteiger partial charge is 0.310 e. The normalized spacial score (nSPS) is 19.8. The van der Waals surface area contributed by atoms with Crippen LogP contribution < -0.4 is 0 Å². The van der Waals surface area contributed by atoms with Gasteiger partial charge in [-0.05, 0) is 37.8 Å². The second-order valence-corrected chi connectivity index (χ2v) is 10.7. The van der Waals surface area contributed by atoms with E-state index < -0.39 is 6.04 Å². The predicted molar refractivity (Wildman–Crippen MR) is 143 cm³/mol. The molecule has 7 nitrogen and oxygen atoms in total. The summed E-state index contributed by atoms with van der Waals surface area (Å²) in [6, 6.07) is 5.88. The Morgan fingerprint density at radius 2 is 2.00 bits per heavy atom. The van der Waals surface area contributed by atoms with E-state index in [9.17, 15) is 18.8 Å². The van der Waals surface area contributed by atoms with Crippen LogP contribution in [0.5, 0.6) is 0 Å². The molecular weight excluding hydrogens is 517 g/mol. The van der Waals surface area contributed by atoms with E-state index in [0.29, 0.717) is 38.2 Å². The van der Waals surface area contributed by atoms with Crippen molar-refractivity contribution >= 4 is 41.0 Å². The van der Waals surface area contributed by atoms with Gasteiger partial charge in [0.05, 0.1) is 31.8 Å². The number of Topliss-reactive ketones (excluding diaryl/α,β-unsaturated/α-hetero) is 1. The minimum absolute atomic E-state index is 0. The molecule has 0 radical (unpaired) electrons. The Bertz CT molecular complexity index is 1150. The first-order chi connectivity index (χ1) is 17.4. The van der Waals surface area contributed by atoms with Crippen molar-refractivity contribution < 1.29 is 23.5 Å². The highest BCUT2D eigenvalue weighted by Gasteiger charge is 2.41. The van der Waals surface area contributed by atoms with Crippen molar-refractivity contribution in [2.75, 3.05) is 19.7 Å². The highest BCUT2D eigenvalue weighted by atomic mass is 35.5. The molecule has 2 heterocycles. The van der Waals surface area contributed by atoms with Crippen molar-refractivity contribution in [2.45, 2.75) is 57.4 Å². The Balaban J connectivity index is 0.00000380. The zero-order chi connectivity index (χ0) is 25.7. The van der Waals surface area contributed by atoms with Crippen molar-refractivity contribution in [3.8, 4) is 0 Å². The van der Waals surface area contributed by atoms with Gasteiger partial charge in [0.15, 0.2) is 10.9 Å². The van der Waals surface area contributed by atoms with Gasteiger partial charge in [-0.3, -0.25) is 24.0 Å². The number of rotatable bonds is 10. The largest absolute Gasteiger partial charge is 0.466 e. The molecule has 0 N–H and O–H groups in total. The second kappa shape index (κ2) is 13.3. The molecule has 1 aliphatic heterocycles. The van der Waals surface area contributed by atoms with Gasteiger partial charge in [0.1, 0.15) is 5.82 Å². The van der Waals surface area contributed by atoms with E-state index in [1.54, 1.807) is 49.1 Å². The highest BCUT2D eigenvalue weighted by Crippen LogP contribution is 2.40. The Morgan fingerprint density at radius 1 is 1.24 bits per heavy atom. The number of esters is 1. The molecule has 0 bridgehead atoms. The molecule has 1 aromatic carbocycles. The number of hydrogen-bond donors (Lipinski definition) is 0. The molecule has 37 heavy (non-hydrogen) atoms. The molecule has 10 heteroatoms. The van der Waals surface area contributed by atoms with Gasteiger partial charge in [-0.25, -0.2) is 4.39 Å². The van der Waals surface area contributed by atoms with Gasteiger partial charge < -0.3 is 4.74 Å². The number of piperidine rings is 1. The zero-order valence-electron chi connectivity index (χ0n) is 21.1. The SMILES string of the molecule is CCOC(=O)Cc1cnn(C/C=C2/CN(C(C(=O)C3CC3)c3ccccc3F)CCC2SC(C)=O)c1.Cl. The molecule has 1 aliphatic carbocycles. The lowest BCUT2D eigenvalue weighted by Crippen LogP contribution is -2.43. The maximum atomic E-state index is 14.8. The third-order valence-electron chi connectivity index (χ3n) is 6.48. The maximum Gasteiger partial charge on any atom is 0.310 e. The summed E-state index contributed by atoms with van der Waals surface area (Å²) in [5.74, 6) is -0.593. The number of carbonyl (C=O) groups is 3. The average Bonchev–Trinajstić information content (AvgIpc) is 3.60. The van der Waals surface area contributed by atoms with E-state index in [2.05, 4.69) is 10.00 Å². The van der Waals surface area contributed by atoms with Gasteiger partial charge >= 0.3 is 5.97 Å². The summed E-state index contributed by atoms with van der Waals surface area (Å²) in [5, 5.41) is 4.37. The van der Waals surface area contributed by atoms with E-state index in [0.717, 1.165) is 24.0 Å². The lowest BCUT2D eigenvalue weighted by Gasteiger charge is -2.38. The molecular formula is C27H33ClFN3O4S. The Labute approximate surface area is 227 Å². The van der Waals surface area contributed by atoms with Crippen molar-refractivity contribution in [2.24, 2.45) is 5.92 Å². The van der Waals surface area contributed by atoms with Crippen molar-refractivity contribution in [3.63, 3.8) is 0 Å². The third kappa shape index (κ3) is 7.75. The first kappa shape index (κ1) is 29.1. The molecule has 2 aromatic rings. The molecule has 2 unspecified atom stereocenters. The van der Waals surface area contributed by atoms with Crippen molar-refractivity contribution in [1.29, 1.82) is 0 Å². The molecule has 2 fully saturated rings. The molecule has 0 amide bonds. The van der Waals surface area contributed by atoms with Crippen LogP contribution in [0.1, 0.15) is 50.3 Å². The van der Waals surface area contributed by atoms with E-state index in [-0.39, 0.29) is 52.7 Å². The fourth-order valence-corrected chi connectivity index (χ4v) is 5.59. The van der Waals surface area contributed by atoms with E-state index in [1.807, 2.05) is 6.08 Å². The number of likely N-dealkylation sites (tertiary alicyclic amines) is 1. The van der Waals surface area contributed by atoms with E-state index in [4.69, 9.17) is 4.74 Å². The monoisotopic (exact) mass is 549 g/mol. The molecule has 200 valence electrons. The van der Waals surface area contributed by atoms with Gasteiger partial charge in [0, 0.05) is 48.5 Å². The number of thioether (sulfide) groups is 1. The summed E-state index contributed by atoms with van der Waals surface area (Å²) in [6.07, 6.45) is 8.05. The number of nitrogens with zero attached hydrogens (tertiary/aromatic N) is 3. The van der Waals surface area contributed by atoms with Crippen LogP contribution in [-0.4, -0.2) is 56.5 Å². The lowest BCUT2D eigenvalue weighted by molar-refractivity contribution is -0.142. The summed E-state index contributed by atoms with van der Waals surface area (Å²) in [7, 11) is 0. The molecule has 2 aliphatic rings. The second-order valence-electron chi connectivity index (χ2n) is 9.29. The fourth-order valence-electron chi connectivity index (χ4n) is 4.64. The number of allylic oxidation sites excluding steroid dienone is 1. The van der Waals surface area contributed by atoms with Gasteiger partial charge in [0.25, 0.3) is 0 Å². The standard InChI is InChI=1S/C27H32FN3O4S.ClH/c1-3-35-25(33)14-19-15-29-31(16-19)13-10-21-17-30(12-11-24(21)36-18(2)32)26(27(34)20-8-9-20)22-6-4-5-7-23(22)28;/h4-7,10,15-16,20,24,26H,3,8-9,11-14,17H2,1-2H3;1H/b21-10-;. The Morgan fingerprint density at radius 3 is 2.68 bits per heavy atom. The zero-order valence-corrected chi connectivity index (χ0v) is 22.7. The number of aromatic nitrogens is 2. The summed E-state index contributed by atoms with van der Waals surface area (Å²) < 4.78 is 21.5. The van der Waals surface area contributed by atoms with Crippen LogP contribution in [-0.2, 0) is 32.1 Å². The predicted octanol–water partition coefficient (Wildman–Crippen LogP) is 4.55. The quantitative estimate of drug-likeness (QED) is 0.317. The summed E-state index contributed by atoms with van der Waals surface area (Å²) in [6.45, 7) is 5.20.